The van der Waals surface area contributed by atoms with Crippen molar-refractivity contribution < 1.29 is 9.53 Å². The Balaban J connectivity index is 1.41. The second kappa shape index (κ2) is 7.69. The quantitative estimate of drug-likeness (QED) is 0.833. The van der Waals surface area contributed by atoms with E-state index < -0.39 is 0 Å². The topological polar surface area (TPSA) is 58.6 Å². The van der Waals surface area contributed by atoms with Crippen LogP contribution in [0.2, 0.25) is 0 Å². The van der Waals surface area contributed by atoms with Crippen LogP contribution in [0.5, 0.6) is 5.75 Å². The molecule has 0 N–H and O–H groups in total. The van der Waals surface area contributed by atoms with Crippen LogP contribution in [0.1, 0.15) is 10.5 Å². The number of ether oxygens (including phenoxy) is 1. The summed E-state index contributed by atoms with van der Waals surface area (Å²) in [6.07, 6.45) is 4.63. The van der Waals surface area contributed by atoms with Gasteiger partial charge < -0.3 is 9.64 Å². The van der Waals surface area contributed by atoms with Gasteiger partial charge in [-0.3, -0.25) is 14.7 Å². The van der Waals surface area contributed by atoms with Crippen LogP contribution in [0.15, 0.2) is 48.9 Å². The summed E-state index contributed by atoms with van der Waals surface area (Å²) in [6.45, 7) is 4.64. The molecule has 0 saturated carbocycles. The summed E-state index contributed by atoms with van der Waals surface area (Å²) in [4.78, 5) is 24.4. The summed E-state index contributed by atoms with van der Waals surface area (Å²) < 4.78 is 5.71. The zero-order valence-corrected chi connectivity index (χ0v) is 13.0. The minimum Gasteiger partial charge on any atom is -0.492 e. The number of para-hydroxylation sites is 1. The van der Waals surface area contributed by atoms with E-state index in [4.69, 9.17) is 4.74 Å². The van der Waals surface area contributed by atoms with E-state index >= 15 is 0 Å². The van der Waals surface area contributed by atoms with Crippen LogP contribution in [0, 0.1) is 0 Å². The van der Waals surface area contributed by atoms with Crippen molar-refractivity contribution in [2.45, 2.75) is 0 Å². The van der Waals surface area contributed by atoms with E-state index in [2.05, 4.69) is 14.9 Å². The van der Waals surface area contributed by atoms with E-state index in [1.165, 1.54) is 6.20 Å². The van der Waals surface area contributed by atoms with Gasteiger partial charge >= 0.3 is 0 Å². The van der Waals surface area contributed by atoms with Gasteiger partial charge in [-0.25, -0.2) is 4.98 Å². The van der Waals surface area contributed by atoms with Crippen molar-refractivity contribution >= 4 is 5.91 Å². The molecule has 0 bridgehead atoms. The number of hydrogen-bond donors (Lipinski definition) is 0. The van der Waals surface area contributed by atoms with E-state index in [0.29, 0.717) is 25.4 Å². The van der Waals surface area contributed by atoms with Gasteiger partial charge in [0.25, 0.3) is 5.91 Å². The Hall–Kier alpha value is -2.47. The van der Waals surface area contributed by atoms with E-state index in [9.17, 15) is 4.79 Å². The fourth-order valence-electron chi connectivity index (χ4n) is 2.56. The van der Waals surface area contributed by atoms with Gasteiger partial charge in [0.15, 0.2) is 0 Å². The van der Waals surface area contributed by atoms with E-state index in [1.54, 1.807) is 12.4 Å². The molecule has 0 atom stereocenters. The minimum atomic E-state index is -0.0433. The summed E-state index contributed by atoms with van der Waals surface area (Å²) in [6, 6.07) is 9.81. The van der Waals surface area contributed by atoms with Gasteiger partial charge in [0.2, 0.25) is 0 Å². The number of hydrogen-bond acceptors (Lipinski definition) is 5. The molecular formula is C17H20N4O2. The molecule has 1 aromatic heterocycles. The van der Waals surface area contributed by atoms with Gasteiger partial charge in [0, 0.05) is 45.1 Å². The molecule has 1 aromatic carbocycles. The Kier molecular flexibility index (Phi) is 5.16. The minimum absolute atomic E-state index is 0.0433. The third-order valence-corrected chi connectivity index (χ3v) is 3.86. The average molecular weight is 312 g/mol. The lowest BCUT2D eigenvalue weighted by atomic mass is 10.3. The Morgan fingerprint density at radius 1 is 1.09 bits per heavy atom. The molecule has 2 heterocycles. The van der Waals surface area contributed by atoms with Crippen LogP contribution in [0.4, 0.5) is 0 Å². The zero-order chi connectivity index (χ0) is 15.9. The standard InChI is InChI=1S/C17H20N4O2/c22-17(16-14-18-6-7-19-16)21-10-8-20(9-11-21)12-13-23-15-4-2-1-3-5-15/h1-7,14H,8-13H2. The van der Waals surface area contributed by atoms with Crippen molar-refractivity contribution in [1.29, 1.82) is 0 Å². The molecule has 1 aliphatic heterocycles. The third-order valence-electron chi connectivity index (χ3n) is 3.86. The fourth-order valence-corrected chi connectivity index (χ4v) is 2.56. The number of amides is 1. The van der Waals surface area contributed by atoms with Crippen molar-refractivity contribution in [2.75, 3.05) is 39.3 Å². The van der Waals surface area contributed by atoms with Gasteiger partial charge in [-0.2, -0.15) is 0 Å². The zero-order valence-electron chi connectivity index (χ0n) is 13.0. The molecule has 1 fully saturated rings. The van der Waals surface area contributed by atoms with Crippen LogP contribution in [0.25, 0.3) is 0 Å². The Morgan fingerprint density at radius 2 is 1.87 bits per heavy atom. The first-order chi connectivity index (χ1) is 11.3. The number of carbonyl (C=O) groups is 1. The predicted octanol–water partition coefficient (Wildman–Crippen LogP) is 1.31. The van der Waals surface area contributed by atoms with Crippen molar-refractivity contribution in [1.82, 2.24) is 19.8 Å². The molecule has 0 unspecified atom stereocenters. The maximum atomic E-state index is 12.3. The summed E-state index contributed by atoms with van der Waals surface area (Å²) in [5.74, 6) is 0.849. The Bertz CT molecular complexity index is 613. The lowest BCUT2D eigenvalue weighted by Crippen LogP contribution is -2.49. The molecule has 0 spiro atoms. The Morgan fingerprint density at radius 3 is 2.57 bits per heavy atom. The van der Waals surface area contributed by atoms with Crippen molar-refractivity contribution in [2.24, 2.45) is 0 Å². The molecule has 1 saturated heterocycles. The SMILES string of the molecule is O=C(c1cnccn1)N1CCN(CCOc2ccccc2)CC1. The van der Waals surface area contributed by atoms with E-state index in [0.717, 1.165) is 25.4 Å². The van der Waals surface area contributed by atoms with Crippen LogP contribution >= 0.6 is 0 Å². The highest BCUT2D eigenvalue weighted by atomic mass is 16.5. The molecular weight excluding hydrogens is 292 g/mol. The number of piperazine rings is 1. The maximum absolute atomic E-state index is 12.3. The number of aromatic nitrogens is 2. The molecule has 0 aliphatic carbocycles. The molecule has 120 valence electrons. The van der Waals surface area contributed by atoms with Crippen LogP contribution < -0.4 is 4.74 Å². The number of rotatable bonds is 5. The number of nitrogens with zero attached hydrogens (tertiary/aromatic N) is 4. The lowest BCUT2D eigenvalue weighted by Gasteiger charge is -2.34. The lowest BCUT2D eigenvalue weighted by molar-refractivity contribution is 0.0614. The van der Waals surface area contributed by atoms with Crippen LogP contribution in [-0.4, -0.2) is 65.0 Å². The summed E-state index contributed by atoms with van der Waals surface area (Å²) in [5.41, 5.74) is 0.411. The van der Waals surface area contributed by atoms with Gasteiger partial charge in [-0.1, -0.05) is 18.2 Å². The first-order valence-electron chi connectivity index (χ1n) is 7.78. The van der Waals surface area contributed by atoms with Crippen LogP contribution in [0.3, 0.4) is 0 Å². The number of carbonyl (C=O) groups excluding carboxylic acids is 1. The monoisotopic (exact) mass is 312 g/mol. The first kappa shape index (κ1) is 15.4. The van der Waals surface area contributed by atoms with Crippen molar-refractivity contribution in [3.05, 3.63) is 54.6 Å². The predicted molar refractivity (Wildman–Crippen MR) is 86.3 cm³/mol. The highest BCUT2D eigenvalue weighted by Gasteiger charge is 2.22. The van der Waals surface area contributed by atoms with Crippen molar-refractivity contribution in [3.63, 3.8) is 0 Å². The van der Waals surface area contributed by atoms with Gasteiger partial charge in [-0.05, 0) is 12.1 Å². The molecule has 0 radical (unpaired) electrons. The molecule has 2 aromatic rings. The Labute approximate surface area is 135 Å². The third kappa shape index (κ3) is 4.26. The second-order valence-corrected chi connectivity index (χ2v) is 5.39. The highest BCUT2D eigenvalue weighted by molar-refractivity contribution is 5.92. The second-order valence-electron chi connectivity index (χ2n) is 5.39. The van der Waals surface area contributed by atoms with E-state index in [-0.39, 0.29) is 5.91 Å². The molecule has 1 aliphatic rings. The van der Waals surface area contributed by atoms with Gasteiger partial charge in [0.05, 0.1) is 6.20 Å². The highest BCUT2D eigenvalue weighted by Crippen LogP contribution is 2.09. The van der Waals surface area contributed by atoms with E-state index in [1.807, 2.05) is 35.2 Å². The average Bonchev–Trinajstić information content (AvgIpc) is 2.63. The smallest absolute Gasteiger partial charge is 0.274 e. The summed E-state index contributed by atoms with van der Waals surface area (Å²) in [5, 5.41) is 0. The molecule has 6 nitrogen and oxygen atoms in total. The first-order valence-corrected chi connectivity index (χ1v) is 7.78. The largest absolute Gasteiger partial charge is 0.492 e. The molecule has 6 heteroatoms. The molecule has 1 amide bonds. The van der Waals surface area contributed by atoms with Crippen molar-refractivity contribution in [3.8, 4) is 5.75 Å². The summed E-state index contributed by atoms with van der Waals surface area (Å²) in [7, 11) is 0. The van der Waals surface area contributed by atoms with Crippen LogP contribution in [-0.2, 0) is 0 Å². The summed E-state index contributed by atoms with van der Waals surface area (Å²) >= 11 is 0. The maximum Gasteiger partial charge on any atom is 0.274 e. The number of benzene rings is 1. The fraction of sp³-hybridized carbons (Fsp3) is 0.353. The van der Waals surface area contributed by atoms with Gasteiger partial charge in [-0.15, -0.1) is 0 Å². The van der Waals surface area contributed by atoms with Gasteiger partial charge in [0.1, 0.15) is 18.1 Å². The molecule has 23 heavy (non-hydrogen) atoms. The normalized spacial score (nSPS) is 15.4. The molecule has 3 rings (SSSR count).